The van der Waals surface area contributed by atoms with Crippen molar-refractivity contribution in [3.05, 3.63) is 34.9 Å². The first kappa shape index (κ1) is 15.8. The molecule has 1 aromatic carbocycles. The van der Waals surface area contributed by atoms with Gasteiger partial charge >= 0.3 is 0 Å². The maximum absolute atomic E-state index is 12.2. The number of likely N-dealkylation sites (tertiary alicyclic amines) is 1. The van der Waals surface area contributed by atoms with Crippen molar-refractivity contribution in [3.8, 4) is 0 Å². The van der Waals surface area contributed by atoms with E-state index >= 15 is 0 Å². The molecule has 1 atom stereocenters. The van der Waals surface area contributed by atoms with Crippen molar-refractivity contribution < 1.29 is 9.59 Å². The van der Waals surface area contributed by atoms with Crippen molar-refractivity contribution in [1.29, 1.82) is 0 Å². The Morgan fingerprint density at radius 3 is 2.71 bits per heavy atom. The van der Waals surface area contributed by atoms with Crippen LogP contribution in [0.1, 0.15) is 24.8 Å². The molecule has 5 heteroatoms. The van der Waals surface area contributed by atoms with Gasteiger partial charge in [-0.05, 0) is 36.5 Å². The number of carbonyl (C=O) groups excluding carboxylic acids is 2. The van der Waals surface area contributed by atoms with E-state index < -0.39 is 0 Å². The highest BCUT2D eigenvalue weighted by atomic mass is 35.5. The van der Waals surface area contributed by atoms with Crippen molar-refractivity contribution in [1.82, 2.24) is 10.2 Å². The van der Waals surface area contributed by atoms with Crippen LogP contribution in [0, 0.1) is 5.92 Å². The molecule has 1 saturated heterocycles. The molecule has 2 rings (SSSR count). The Bertz CT molecular complexity index is 502. The summed E-state index contributed by atoms with van der Waals surface area (Å²) in [6.07, 6.45) is 2.67. The third-order valence-corrected chi connectivity index (χ3v) is 4.18. The standard InChI is InChI=1S/C16H21ClN2O2/c1-18-15(20)10-13-8-9-19(11-13)16(21)7-4-12-2-5-14(17)6-3-12/h2-3,5-6,13H,4,7-11H2,1H3,(H,18,20)/t13-/m0/s1. The van der Waals surface area contributed by atoms with Gasteiger partial charge < -0.3 is 10.2 Å². The molecule has 0 spiro atoms. The van der Waals surface area contributed by atoms with Crippen LogP contribution in [0.4, 0.5) is 0 Å². The molecule has 1 heterocycles. The van der Waals surface area contributed by atoms with E-state index in [-0.39, 0.29) is 11.8 Å². The summed E-state index contributed by atoms with van der Waals surface area (Å²) >= 11 is 5.84. The quantitative estimate of drug-likeness (QED) is 0.907. The molecule has 2 amide bonds. The highest BCUT2D eigenvalue weighted by molar-refractivity contribution is 6.30. The normalized spacial score (nSPS) is 17.8. The van der Waals surface area contributed by atoms with E-state index in [1.54, 1.807) is 7.05 Å². The highest BCUT2D eigenvalue weighted by Crippen LogP contribution is 2.20. The van der Waals surface area contributed by atoms with Crippen LogP contribution in [0.25, 0.3) is 0 Å². The number of aryl methyl sites for hydroxylation is 1. The lowest BCUT2D eigenvalue weighted by atomic mass is 10.0. The molecule has 1 aliphatic rings. The molecule has 4 nitrogen and oxygen atoms in total. The van der Waals surface area contributed by atoms with E-state index in [2.05, 4.69) is 5.32 Å². The molecule has 0 unspecified atom stereocenters. The molecule has 0 saturated carbocycles. The smallest absolute Gasteiger partial charge is 0.222 e. The maximum atomic E-state index is 12.2. The topological polar surface area (TPSA) is 49.4 Å². The lowest BCUT2D eigenvalue weighted by Gasteiger charge is -2.16. The van der Waals surface area contributed by atoms with Gasteiger partial charge in [0.2, 0.25) is 11.8 Å². The molecule has 1 aliphatic heterocycles. The summed E-state index contributed by atoms with van der Waals surface area (Å²) < 4.78 is 0. The van der Waals surface area contributed by atoms with Crippen LogP contribution in [0.3, 0.4) is 0 Å². The molecule has 0 aliphatic carbocycles. The average Bonchev–Trinajstić information content (AvgIpc) is 2.94. The summed E-state index contributed by atoms with van der Waals surface area (Å²) in [7, 11) is 1.65. The zero-order valence-corrected chi connectivity index (χ0v) is 13.0. The highest BCUT2D eigenvalue weighted by Gasteiger charge is 2.27. The Morgan fingerprint density at radius 1 is 1.33 bits per heavy atom. The van der Waals surface area contributed by atoms with Crippen LogP contribution >= 0.6 is 11.6 Å². The number of nitrogens with zero attached hydrogens (tertiary/aromatic N) is 1. The fourth-order valence-electron chi connectivity index (χ4n) is 2.65. The number of halogens is 1. The van der Waals surface area contributed by atoms with Gasteiger partial charge in [0.25, 0.3) is 0 Å². The van der Waals surface area contributed by atoms with E-state index in [9.17, 15) is 9.59 Å². The second-order valence-electron chi connectivity index (χ2n) is 5.50. The molecule has 1 N–H and O–H groups in total. The first-order valence-corrected chi connectivity index (χ1v) is 7.69. The summed E-state index contributed by atoms with van der Waals surface area (Å²) in [4.78, 5) is 25.4. The van der Waals surface area contributed by atoms with Crippen LogP contribution in [-0.2, 0) is 16.0 Å². The minimum Gasteiger partial charge on any atom is -0.359 e. The van der Waals surface area contributed by atoms with Gasteiger partial charge in [-0.25, -0.2) is 0 Å². The van der Waals surface area contributed by atoms with Gasteiger partial charge in [0.05, 0.1) is 0 Å². The number of nitrogens with one attached hydrogen (secondary N) is 1. The second-order valence-corrected chi connectivity index (χ2v) is 5.93. The molecule has 1 fully saturated rings. The Morgan fingerprint density at radius 2 is 2.05 bits per heavy atom. The monoisotopic (exact) mass is 308 g/mol. The third-order valence-electron chi connectivity index (χ3n) is 3.93. The average molecular weight is 309 g/mol. The molecule has 21 heavy (non-hydrogen) atoms. The third kappa shape index (κ3) is 4.74. The molecular weight excluding hydrogens is 288 g/mol. The van der Waals surface area contributed by atoms with Crippen molar-refractivity contribution in [2.45, 2.75) is 25.7 Å². The fourth-order valence-corrected chi connectivity index (χ4v) is 2.78. The number of rotatable bonds is 5. The summed E-state index contributed by atoms with van der Waals surface area (Å²) in [5.41, 5.74) is 1.12. The molecular formula is C16H21ClN2O2. The van der Waals surface area contributed by atoms with Crippen LogP contribution < -0.4 is 5.32 Å². The summed E-state index contributed by atoms with van der Waals surface area (Å²) in [5.74, 6) is 0.518. The van der Waals surface area contributed by atoms with Crippen molar-refractivity contribution in [2.75, 3.05) is 20.1 Å². The van der Waals surface area contributed by atoms with E-state index in [1.165, 1.54) is 0 Å². The number of benzene rings is 1. The Hall–Kier alpha value is -1.55. The largest absolute Gasteiger partial charge is 0.359 e. The molecule has 114 valence electrons. The Balaban J connectivity index is 1.76. The minimum atomic E-state index is 0.0514. The van der Waals surface area contributed by atoms with Crippen LogP contribution in [0.5, 0.6) is 0 Å². The summed E-state index contributed by atoms with van der Waals surface area (Å²) in [5, 5.41) is 3.34. The predicted molar refractivity (Wildman–Crippen MR) is 83.1 cm³/mol. The molecule has 0 bridgehead atoms. The van der Waals surface area contributed by atoms with E-state index in [0.717, 1.165) is 24.9 Å². The van der Waals surface area contributed by atoms with Crippen molar-refractivity contribution in [2.24, 2.45) is 5.92 Å². The molecule has 0 radical (unpaired) electrons. The zero-order chi connectivity index (χ0) is 15.2. The number of carbonyl (C=O) groups is 2. The lowest BCUT2D eigenvalue weighted by Crippen LogP contribution is -2.29. The van der Waals surface area contributed by atoms with Gasteiger partial charge in [0, 0.05) is 38.0 Å². The summed E-state index contributed by atoms with van der Waals surface area (Å²) in [6, 6.07) is 7.59. The Labute approximate surface area is 130 Å². The van der Waals surface area contributed by atoms with Gasteiger partial charge in [0.1, 0.15) is 0 Å². The van der Waals surface area contributed by atoms with Gasteiger partial charge in [0.15, 0.2) is 0 Å². The number of amides is 2. The van der Waals surface area contributed by atoms with Gasteiger partial charge in [-0.3, -0.25) is 9.59 Å². The van der Waals surface area contributed by atoms with Gasteiger partial charge in [-0.15, -0.1) is 0 Å². The first-order chi connectivity index (χ1) is 10.1. The number of hydrogen-bond donors (Lipinski definition) is 1. The predicted octanol–water partition coefficient (Wildman–Crippen LogP) is 2.26. The SMILES string of the molecule is CNC(=O)C[C@@H]1CCN(C(=O)CCc2ccc(Cl)cc2)C1. The summed E-state index contributed by atoms with van der Waals surface area (Å²) in [6.45, 7) is 1.47. The maximum Gasteiger partial charge on any atom is 0.222 e. The van der Waals surface area contributed by atoms with Crippen molar-refractivity contribution in [3.63, 3.8) is 0 Å². The lowest BCUT2D eigenvalue weighted by molar-refractivity contribution is -0.130. The van der Waals surface area contributed by atoms with E-state index in [1.807, 2.05) is 29.2 Å². The first-order valence-electron chi connectivity index (χ1n) is 7.31. The van der Waals surface area contributed by atoms with Crippen LogP contribution in [-0.4, -0.2) is 36.9 Å². The molecule has 0 aromatic heterocycles. The van der Waals surface area contributed by atoms with Crippen LogP contribution in [0.2, 0.25) is 5.02 Å². The minimum absolute atomic E-state index is 0.0514. The van der Waals surface area contributed by atoms with E-state index in [0.29, 0.717) is 30.3 Å². The Kier molecular flexibility index (Phi) is 5.62. The molecule has 1 aromatic rings. The van der Waals surface area contributed by atoms with E-state index in [4.69, 9.17) is 11.6 Å². The van der Waals surface area contributed by atoms with Gasteiger partial charge in [-0.1, -0.05) is 23.7 Å². The second kappa shape index (κ2) is 7.46. The van der Waals surface area contributed by atoms with Crippen molar-refractivity contribution >= 4 is 23.4 Å². The van der Waals surface area contributed by atoms with Gasteiger partial charge in [-0.2, -0.15) is 0 Å². The zero-order valence-electron chi connectivity index (χ0n) is 12.3. The van der Waals surface area contributed by atoms with Crippen LogP contribution in [0.15, 0.2) is 24.3 Å². The fraction of sp³-hybridized carbons (Fsp3) is 0.500. The number of hydrogen-bond acceptors (Lipinski definition) is 2.